The molecule has 0 aromatic heterocycles. The lowest BCUT2D eigenvalue weighted by Gasteiger charge is -2.42. The highest BCUT2D eigenvalue weighted by atomic mass is 15.2. The van der Waals surface area contributed by atoms with E-state index in [1.54, 1.807) is 6.08 Å². The second-order valence-corrected chi connectivity index (χ2v) is 6.17. The average molecular weight is 265 g/mol. The van der Waals surface area contributed by atoms with Gasteiger partial charge in [0.1, 0.15) is 0 Å². The van der Waals surface area contributed by atoms with E-state index in [2.05, 4.69) is 36.0 Å². The maximum atomic E-state index is 4.11. The molecule has 2 heterocycles. The molecule has 3 aliphatic rings. The minimum absolute atomic E-state index is 0.749. The van der Waals surface area contributed by atoms with Gasteiger partial charge in [0.15, 0.2) is 0 Å². The summed E-state index contributed by atoms with van der Waals surface area (Å²) in [5.41, 5.74) is 2.55. The van der Waals surface area contributed by atoms with Crippen LogP contribution in [-0.2, 0) is 0 Å². The molecule has 3 unspecified atom stereocenters. The Morgan fingerprint density at radius 3 is 2.85 bits per heavy atom. The molecule has 0 amide bonds. The summed E-state index contributed by atoms with van der Waals surface area (Å²) < 4.78 is 0. The molecule has 0 bridgehead atoms. The molecule has 0 spiro atoms. The third-order valence-corrected chi connectivity index (χ3v) is 4.87. The summed E-state index contributed by atoms with van der Waals surface area (Å²) in [4.78, 5) is 2.64. The van der Waals surface area contributed by atoms with Gasteiger partial charge in [0.05, 0.1) is 0 Å². The van der Waals surface area contributed by atoms with Crippen LogP contribution >= 0.6 is 0 Å². The lowest BCUT2D eigenvalue weighted by molar-refractivity contribution is 0.113. The predicted octanol–water partition coefficient (Wildman–Crippen LogP) is 4.07. The van der Waals surface area contributed by atoms with Gasteiger partial charge in [0.2, 0.25) is 0 Å². The maximum Gasteiger partial charge on any atom is 0.0293 e. The van der Waals surface area contributed by atoms with E-state index in [9.17, 15) is 0 Å². The topological polar surface area (TPSA) is 3.24 Å². The van der Waals surface area contributed by atoms with Gasteiger partial charge >= 0.3 is 0 Å². The summed E-state index contributed by atoms with van der Waals surface area (Å²) in [6, 6.07) is 0.749. The van der Waals surface area contributed by atoms with Crippen molar-refractivity contribution in [2.45, 2.75) is 38.1 Å². The van der Waals surface area contributed by atoms with Gasteiger partial charge in [-0.3, -0.25) is 0 Å². The smallest absolute Gasteiger partial charge is 0.0293 e. The molecule has 2 saturated heterocycles. The summed E-state index contributed by atoms with van der Waals surface area (Å²) in [6.07, 6.45) is 14.1. The Kier molecular flexibility index (Phi) is 3.83. The number of hydrogen-bond acceptors (Lipinski definition) is 1. The first-order valence-electron chi connectivity index (χ1n) is 7.69. The number of fused-ring (bicyclic) bond motifs is 2. The molecule has 3 atom stereocenters. The highest BCUT2D eigenvalue weighted by Gasteiger charge is 2.39. The summed E-state index contributed by atoms with van der Waals surface area (Å²) in [7, 11) is 0. The SMILES string of the molecule is C=C/C=C\C(=C)/C=C1/CCC2CC3CC#CCC3CN12. The van der Waals surface area contributed by atoms with Gasteiger partial charge < -0.3 is 4.90 Å². The third kappa shape index (κ3) is 2.61. The summed E-state index contributed by atoms with van der Waals surface area (Å²) in [6.45, 7) is 9.02. The maximum absolute atomic E-state index is 4.11. The molecule has 2 aliphatic heterocycles. The standard InChI is InChI=1S/C19H23N/c1-3-4-7-15(2)12-18-10-11-19-13-16-8-5-6-9-17(16)14-20(18)19/h3-4,7,12,16-17,19H,1-2,8-11,13-14H2/b7-4-,18-12-. The van der Waals surface area contributed by atoms with Gasteiger partial charge in [-0.05, 0) is 42.7 Å². The average Bonchev–Trinajstić information content (AvgIpc) is 2.85. The number of nitrogens with zero attached hydrogens (tertiary/aromatic N) is 1. The lowest BCUT2D eigenvalue weighted by atomic mass is 9.77. The third-order valence-electron chi connectivity index (χ3n) is 4.87. The quantitative estimate of drug-likeness (QED) is 0.549. The Labute approximate surface area is 122 Å². The zero-order valence-electron chi connectivity index (χ0n) is 12.1. The van der Waals surface area contributed by atoms with Crippen LogP contribution in [0, 0.1) is 23.7 Å². The summed E-state index contributed by atoms with van der Waals surface area (Å²) >= 11 is 0. The molecule has 0 aromatic rings. The molecule has 104 valence electrons. The van der Waals surface area contributed by atoms with Gasteiger partial charge in [0.25, 0.3) is 0 Å². The fraction of sp³-hybridized carbons (Fsp3) is 0.474. The first-order chi connectivity index (χ1) is 9.78. The van der Waals surface area contributed by atoms with Crippen LogP contribution in [0.4, 0.5) is 0 Å². The van der Waals surface area contributed by atoms with E-state index >= 15 is 0 Å². The van der Waals surface area contributed by atoms with Gasteiger partial charge in [-0.15, -0.1) is 11.8 Å². The molecule has 0 N–H and O–H groups in total. The monoisotopic (exact) mass is 265 g/mol. The van der Waals surface area contributed by atoms with E-state index in [4.69, 9.17) is 0 Å². The molecule has 3 rings (SSSR count). The van der Waals surface area contributed by atoms with Crippen molar-refractivity contribution in [3.8, 4) is 11.8 Å². The normalized spacial score (nSPS) is 33.5. The van der Waals surface area contributed by atoms with Crippen molar-refractivity contribution in [3.05, 3.63) is 48.7 Å². The first-order valence-corrected chi connectivity index (χ1v) is 7.69. The molecule has 2 fully saturated rings. The van der Waals surface area contributed by atoms with Crippen molar-refractivity contribution in [2.24, 2.45) is 11.8 Å². The van der Waals surface area contributed by atoms with Crippen LogP contribution in [-0.4, -0.2) is 17.5 Å². The fourth-order valence-corrected chi connectivity index (χ4v) is 3.80. The van der Waals surface area contributed by atoms with Crippen molar-refractivity contribution < 1.29 is 0 Å². The van der Waals surface area contributed by atoms with Gasteiger partial charge in [-0.1, -0.05) is 31.4 Å². The van der Waals surface area contributed by atoms with E-state index in [1.807, 2.05) is 12.2 Å². The number of allylic oxidation sites excluding steroid dienone is 6. The largest absolute Gasteiger partial charge is 0.371 e. The van der Waals surface area contributed by atoms with Gasteiger partial charge in [-0.25, -0.2) is 0 Å². The molecule has 0 saturated carbocycles. The van der Waals surface area contributed by atoms with E-state index < -0.39 is 0 Å². The minimum atomic E-state index is 0.749. The Hall–Kier alpha value is -1.68. The van der Waals surface area contributed by atoms with Crippen molar-refractivity contribution in [2.75, 3.05) is 6.54 Å². The molecule has 20 heavy (non-hydrogen) atoms. The van der Waals surface area contributed by atoms with Crippen LogP contribution in [0.5, 0.6) is 0 Å². The van der Waals surface area contributed by atoms with Crippen LogP contribution in [0.2, 0.25) is 0 Å². The highest BCUT2D eigenvalue weighted by Crippen LogP contribution is 2.42. The van der Waals surface area contributed by atoms with E-state index in [-0.39, 0.29) is 0 Å². The molecular weight excluding hydrogens is 242 g/mol. The summed E-state index contributed by atoms with van der Waals surface area (Å²) in [5, 5.41) is 0. The molecule has 1 heteroatoms. The summed E-state index contributed by atoms with van der Waals surface area (Å²) in [5.74, 6) is 8.26. The van der Waals surface area contributed by atoms with Crippen LogP contribution in [0.15, 0.2) is 48.7 Å². The van der Waals surface area contributed by atoms with Crippen LogP contribution in [0.1, 0.15) is 32.1 Å². The minimum Gasteiger partial charge on any atom is -0.371 e. The second kappa shape index (κ2) is 5.75. The van der Waals surface area contributed by atoms with Crippen LogP contribution in [0.25, 0.3) is 0 Å². The zero-order valence-corrected chi connectivity index (χ0v) is 12.1. The van der Waals surface area contributed by atoms with Crippen molar-refractivity contribution in [3.63, 3.8) is 0 Å². The molecule has 0 aromatic carbocycles. The van der Waals surface area contributed by atoms with E-state index in [0.717, 1.165) is 36.3 Å². The molecule has 1 nitrogen and oxygen atoms in total. The van der Waals surface area contributed by atoms with Gasteiger partial charge in [-0.2, -0.15) is 0 Å². The number of piperidine rings is 1. The second-order valence-electron chi connectivity index (χ2n) is 6.17. The number of rotatable bonds is 3. The fourth-order valence-electron chi connectivity index (χ4n) is 3.80. The van der Waals surface area contributed by atoms with Crippen molar-refractivity contribution >= 4 is 0 Å². The van der Waals surface area contributed by atoms with E-state index in [0.29, 0.717) is 0 Å². The number of hydrogen-bond donors (Lipinski definition) is 0. The zero-order chi connectivity index (χ0) is 13.9. The Bertz CT molecular complexity index is 526. The lowest BCUT2D eigenvalue weighted by Crippen LogP contribution is -2.43. The van der Waals surface area contributed by atoms with Crippen LogP contribution in [0.3, 0.4) is 0 Å². The Balaban J connectivity index is 1.72. The molecule has 1 aliphatic carbocycles. The van der Waals surface area contributed by atoms with Crippen molar-refractivity contribution in [1.82, 2.24) is 4.90 Å². The Morgan fingerprint density at radius 1 is 1.25 bits per heavy atom. The highest BCUT2D eigenvalue weighted by molar-refractivity contribution is 5.33. The van der Waals surface area contributed by atoms with Crippen molar-refractivity contribution in [1.29, 1.82) is 0 Å². The first kappa shape index (κ1) is 13.3. The van der Waals surface area contributed by atoms with E-state index in [1.165, 1.54) is 31.5 Å². The predicted molar refractivity (Wildman–Crippen MR) is 84.9 cm³/mol. The molecular formula is C19H23N. The van der Waals surface area contributed by atoms with Crippen LogP contribution < -0.4 is 0 Å². The molecule has 0 radical (unpaired) electrons. The Morgan fingerprint density at radius 2 is 2.05 bits per heavy atom. The van der Waals surface area contributed by atoms with Gasteiger partial charge in [0, 0.05) is 31.1 Å².